The highest BCUT2D eigenvalue weighted by Gasteiger charge is 2.33. The number of ether oxygens (including phenoxy) is 2. The highest BCUT2D eigenvalue weighted by atomic mass is 16.5. The van der Waals surface area contributed by atoms with E-state index in [9.17, 15) is 0 Å². The first kappa shape index (κ1) is 14.7. The highest BCUT2D eigenvalue weighted by Crippen LogP contribution is 2.41. The molecule has 0 amide bonds. The van der Waals surface area contributed by atoms with E-state index in [1.807, 2.05) is 13.1 Å². The summed E-state index contributed by atoms with van der Waals surface area (Å²) in [4.78, 5) is 0. The molecule has 21 heavy (non-hydrogen) atoms. The Kier molecular flexibility index (Phi) is 4.69. The van der Waals surface area contributed by atoms with Crippen molar-refractivity contribution in [2.24, 2.45) is 5.92 Å². The smallest absolute Gasteiger partial charge is 0.124 e. The van der Waals surface area contributed by atoms with Crippen LogP contribution in [-0.4, -0.2) is 20.3 Å². The lowest BCUT2D eigenvalue weighted by atomic mass is 9.86. The number of benzene rings is 1. The van der Waals surface area contributed by atoms with Gasteiger partial charge in [0.25, 0.3) is 0 Å². The fourth-order valence-electron chi connectivity index (χ4n) is 3.85. The van der Waals surface area contributed by atoms with Gasteiger partial charge in [0.15, 0.2) is 0 Å². The van der Waals surface area contributed by atoms with E-state index in [1.165, 1.54) is 44.1 Å². The van der Waals surface area contributed by atoms with Gasteiger partial charge in [-0.3, -0.25) is 0 Å². The van der Waals surface area contributed by atoms with Gasteiger partial charge in [0.2, 0.25) is 0 Å². The second-order valence-corrected chi connectivity index (χ2v) is 6.39. The van der Waals surface area contributed by atoms with Crippen LogP contribution < -0.4 is 14.8 Å². The topological polar surface area (TPSA) is 30.5 Å². The zero-order valence-electron chi connectivity index (χ0n) is 13.2. The summed E-state index contributed by atoms with van der Waals surface area (Å²) < 4.78 is 11.7. The van der Waals surface area contributed by atoms with Gasteiger partial charge >= 0.3 is 0 Å². The van der Waals surface area contributed by atoms with Crippen LogP contribution >= 0.6 is 0 Å². The third-order valence-electron chi connectivity index (χ3n) is 5.11. The predicted octanol–water partition coefficient (Wildman–Crippen LogP) is 4.08. The maximum atomic E-state index is 6.36. The summed E-state index contributed by atoms with van der Waals surface area (Å²) in [7, 11) is 3.76. The van der Waals surface area contributed by atoms with Crippen LogP contribution in [0.4, 0.5) is 0 Å². The molecule has 0 bridgehead atoms. The molecule has 116 valence electrons. The van der Waals surface area contributed by atoms with E-state index >= 15 is 0 Å². The first-order valence-electron chi connectivity index (χ1n) is 8.33. The normalized spacial score (nSPS) is 26.6. The first-order chi connectivity index (χ1) is 10.3. The Morgan fingerprint density at radius 1 is 1.14 bits per heavy atom. The van der Waals surface area contributed by atoms with E-state index in [0.717, 1.165) is 23.8 Å². The molecule has 0 aromatic heterocycles. The van der Waals surface area contributed by atoms with Crippen LogP contribution in [0.1, 0.15) is 56.6 Å². The van der Waals surface area contributed by atoms with Crippen molar-refractivity contribution >= 4 is 0 Å². The highest BCUT2D eigenvalue weighted by molar-refractivity contribution is 5.43. The molecule has 1 N–H and O–H groups in total. The van der Waals surface area contributed by atoms with E-state index in [0.29, 0.717) is 12.1 Å². The minimum Gasteiger partial charge on any atom is -0.497 e. The van der Waals surface area contributed by atoms with Gasteiger partial charge in [0.05, 0.1) is 7.11 Å². The monoisotopic (exact) mass is 289 g/mol. The van der Waals surface area contributed by atoms with Crippen LogP contribution in [-0.2, 0) is 0 Å². The molecule has 2 unspecified atom stereocenters. The second kappa shape index (κ2) is 6.69. The van der Waals surface area contributed by atoms with Gasteiger partial charge in [0.1, 0.15) is 17.6 Å². The third kappa shape index (κ3) is 3.18. The van der Waals surface area contributed by atoms with Crippen molar-refractivity contribution in [3.05, 3.63) is 23.8 Å². The summed E-state index contributed by atoms with van der Waals surface area (Å²) >= 11 is 0. The predicted molar refractivity (Wildman–Crippen MR) is 85.0 cm³/mol. The minimum absolute atomic E-state index is 0.362. The molecule has 2 atom stereocenters. The summed E-state index contributed by atoms with van der Waals surface area (Å²) in [5, 5.41) is 3.46. The van der Waals surface area contributed by atoms with Crippen molar-refractivity contribution in [3.8, 4) is 11.5 Å². The summed E-state index contributed by atoms with van der Waals surface area (Å²) in [5.74, 6) is 2.67. The van der Waals surface area contributed by atoms with E-state index < -0.39 is 0 Å². The molecule has 1 aliphatic heterocycles. The maximum Gasteiger partial charge on any atom is 0.124 e. The molecule has 1 aliphatic carbocycles. The van der Waals surface area contributed by atoms with Gasteiger partial charge in [-0.05, 0) is 44.0 Å². The molecule has 0 spiro atoms. The molecule has 0 radical (unpaired) electrons. The molecule has 2 aliphatic rings. The summed E-state index contributed by atoms with van der Waals surface area (Å²) in [6, 6.07) is 6.56. The minimum atomic E-state index is 0.362. The molecule has 1 aromatic carbocycles. The molecular formula is C18H27NO2. The Bertz CT molecular complexity index is 466. The summed E-state index contributed by atoms with van der Waals surface area (Å²) in [6.07, 6.45) is 9.61. The quantitative estimate of drug-likeness (QED) is 0.851. The van der Waals surface area contributed by atoms with Gasteiger partial charge in [-0.15, -0.1) is 0 Å². The number of hydrogen-bond donors (Lipinski definition) is 1. The van der Waals surface area contributed by atoms with Gasteiger partial charge in [0, 0.05) is 18.0 Å². The van der Waals surface area contributed by atoms with Crippen molar-refractivity contribution in [1.82, 2.24) is 5.32 Å². The van der Waals surface area contributed by atoms with Gasteiger partial charge in [-0.2, -0.15) is 0 Å². The summed E-state index contributed by atoms with van der Waals surface area (Å²) in [6.45, 7) is 0. The third-order valence-corrected chi connectivity index (χ3v) is 5.11. The largest absolute Gasteiger partial charge is 0.497 e. The lowest BCUT2D eigenvalue weighted by Gasteiger charge is -2.36. The van der Waals surface area contributed by atoms with Crippen LogP contribution in [0.5, 0.6) is 11.5 Å². The van der Waals surface area contributed by atoms with E-state index in [1.54, 1.807) is 7.11 Å². The fraction of sp³-hybridized carbons (Fsp3) is 0.667. The number of fused-ring (bicyclic) bond motifs is 1. The Morgan fingerprint density at radius 3 is 2.57 bits per heavy atom. The first-order valence-corrected chi connectivity index (χ1v) is 8.33. The van der Waals surface area contributed by atoms with Gasteiger partial charge in [-0.25, -0.2) is 0 Å². The van der Waals surface area contributed by atoms with E-state index in [-0.39, 0.29) is 0 Å². The number of hydrogen-bond acceptors (Lipinski definition) is 3. The lowest BCUT2D eigenvalue weighted by Crippen LogP contribution is -2.36. The standard InChI is InChI=1S/C18H27NO2/c1-19-16-12-18(13-7-5-3-4-6-8-13)21-17-10-9-14(20-2)11-15(16)17/h9-11,13,16,18-19H,3-8,12H2,1-2H3. The van der Waals surface area contributed by atoms with Crippen LogP contribution in [0.15, 0.2) is 18.2 Å². The SMILES string of the molecule is CNC1CC(C2CCCCCC2)Oc2ccc(OC)cc21. The van der Waals surface area contributed by atoms with Crippen LogP contribution in [0.3, 0.4) is 0 Å². The molecule has 1 saturated carbocycles. The Hall–Kier alpha value is -1.22. The van der Waals surface area contributed by atoms with E-state index in [2.05, 4.69) is 17.4 Å². The Labute approximate surface area is 128 Å². The molecule has 0 saturated heterocycles. The average molecular weight is 289 g/mol. The maximum absolute atomic E-state index is 6.36. The van der Waals surface area contributed by atoms with Crippen LogP contribution in [0.25, 0.3) is 0 Å². The Morgan fingerprint density at radius 2 is 1.90 bits per heavy atom. The molecule has 1 heterocycles. The van der Waals surface area contributed by atoms with Crippen molar-refractivity contribution in [2.45, 2.75) is 57.1 Å². The van der Waals surface area contributed by atoms with Crippen molar-refractivity contribution in [2.75, 3.05) is 14.2 Å². The fourth-order valence-corrected chi connectivity index (χ4v) is 3.85. The average Bonchev–Trinajstić information content (AvgIpc) is 2.82. The van der Waals surface area contributed by atoms with Gasteiger partial charge < -0.3 is 14.8 Å². The summed E-state index contributed by atoms with van der Waals surface area (Å²) in [5.41, 5.74) is 1.24. The molecule has 3 nitrogen and oxygen atoms in total. The zero-order valence-corrected chi connectivity index (χ0v) is 13.2. The van der Waals surface area contributed by atoms with Crippen LogP contribution in [0.2, 0.25) is 0 Å². The zero-order chi connectivity index (χ0) is 14.7. The van der Waals surface area contributed by atoms with Crippen molar-refractivity contribution in [1.29, 1.82) is 0 Å². The molecule has 3 heteroatoms. The number of nitrogens with one attached hydrogen (secondary N) is 1. The van der Waals surface area contributed by atoms with Crippen molar-refractivity contribution < 1.29 is 9.47 Å². The van der Waals surface area contributed by atoms with Crippen LogP contribution in [0, 0.1) is 5.92 Å². The number of rotatable bonds is 3. The van der Waals surface area contributed by atoms with Gasteiger partial charge in [-0.1, -0.05) is 25.7 Å². The molecule has 1 aromatic rings. The molecule has 1 fully saturated rings. The lowest BCUT2D eigenvalue weighted by molar-refractivity contribution is 0.0855. The number of methoxy groups -OCH3 is 1. The molecule has 3 rings (SSSR count). The Balaban J connectivity index is 1.81. The molecular weight excluding hydrogens is 262 g/mol. The second-order valence-electron chi connectivity index (χ2n) is 6.39. The van der Waals surface area contributed by atoms with Crippen molar-refractivity contribution in [3.63, 3.8) is 0 Å². The van der Waals surface area contributed by atoms with E-state index in [4.69, 9.17) is 9.47 Å².